The van der Waals surface area contributed by atoms with Crippen molar-refractivity contribution < 1.29 is 19.1 Å². The molecule has 2 N–H and O–H groups in total. The number of anilines is 2. The van der Waals surface area contributed by atoms with Crippen LogP contribution in [0.4, 0.5) is 11.4 Å². The van der Waals surface area contributed by atoms with E-state index < -0.39 is 5.97 Å². The number of nitrogens with zero attached hydrogens (tertiary/aromatic N) is 2. The summed E-state index contributed by atoms with van der Waals surface area (Å²) in [6.45, 7) is 7.19. The third kappa shape index (κ3) is 6.00. The minimum Gasteiger partial charge on any atom is -0.462 e. The Bertz CT molecular complexity index is 820. The van der Waals surface area contributed by atoms with Gasteiger partial charge in [-0.15, -0.1) is 0 Å². The second-order valence-corrected chi connectivity index (χ2v) is 6.53. The fraction of sp³-hybridized carbons (Fsp3) is 0.381. The van der Waals surface area contributed by atoms with Crippen LogP contribution in [0.1, 0.15) is 27.8 Å². The SMILES string of the molecule is CCOC(=O)c1ccccc1NC(=O)c1ccc(NCCN2CCOCC2)cn1. The third-order valence-electron chi connectivity index (χ3n) is 4.53. The lowest BCUT2D eigenvalue weighted by Crippen LogP contribution is -2.39. The van der Waals surface area contributed by atoms with E-state index in [4.69, 9.17) is 9.47 Å². The first-order valence-corrected chi connectivity index (χ1v) is 9.75. The van der Waals surface area contributed by atoms with Crippen LogP contribution in [0, 0.1) is 0 Å². The van der Waals surface area contributed by atoms with Gasteiger partial charge in [-0.1, -0.05) is 12.1 Å². The lowest BCUT2D eigenvalue weighted by atomic mass is 10.1. The van der Waals surface area contributed by atoms with Crippen molar-refractivity contribution in [3.05, 3.63) is 53.9 Å². The van der Waals surface area contributed by atoms with Crippen LogP contribution in [-0.2, 0) is 9.47 Å². The van der Waals surface area contributed by atoms with Gasteiger partial charge in [-0.25, -0.2) is 9.78 Å². The highest BCUT2D eigenvalue weighted by Crippen LogP contribution is 2.17. The number of ether oxygens (including phenoxy) is 2. The van der Waals surface area contributed by atoms with E-state index in [2.05, 4.69) is 20.5 Å². The lowest BCUT2D eigenvalue weighted by Gasteiger charge is -2.26. The quantitative estimate of drug-likeness (QED) is 0.659. The van der Waals surface area contributed by atoms with Crippen LogP contribution in [0.25, 0.3) is 0 Å². The second-order valence-electron chi connectivity index (χ2n) is 6.53. The molecule has 154 valence electrons. The van der Waals surface area contributed by atoms with Crippen molar-refractivity contribution in [3.63, 3.8) is 0 Å². The molecule has 8 nitrogen and oxygen atoms in total. The Balaban J connectivity index is 1.54. The Kier molecular flexibility index (Phi) is 7.54. The number of hydrogen-bond donors (Lipinski definition) is 2. The number of nitrogens with one attached hydrogen (secondary N) is 2. The molecule has 1 aromatic heterocycles. The van der Waals surface area contributed by atoms with Crippen LogP contribution < -0.4 is 10.6 Å². The van der Waals surface area contributed by atoms with Gasteiger partial charge in [0.1, 0.15) is 5.69 Å². The van der Waals surface area contributed by atoms with Crippen LogP contribution in [0.15, 0.2) is 42.6 Å². The molecule has 1 aliphatic heterocycles. The summed E-state index contributed by atoms with van der Waals surface area (Å²) in [5.41, 5.74) is 1.82. The summed E-state index contributed by atoms with van der Waals surface area (Å²) >= 11 is 0. The van der Waals surface area contributed by atoms with E-state index in [0.717, 1.165) is 45.1 Å². The van der Waals surface area contributed by atoms with Crippen LogP contribution >= 0.6 is 0 Å². The molecular formula is C21H26N4O4. The Morgan fingerprint density at radius 3 is 2.69 bits per heavy atom. The molecule has 0 saturated carbocycles. The maximum Gasteiger partial charge on any atom is 0.340 e. The molecule has 3 rings (SSSR count). The van der Waals surface area contributed by atoms with Gasteiger partial charge in [-0.2, -0.15) is 0 Å². The zero-order chi connectivity index (χ0) is 20.5. The van der Waals surface area contributed by atoms with Crippen molar-refractivity contribution in [1.29, 1.82) is 0 Å². The van der Waals surface area contributed by atoms with E-state index in [1.807, 2.05) is 6.07 Å². The zero-order valence-corrected chi connectivity index (χ0v) is 16.5. The van der Waals surface area contributed by atoms with E-state index in [1.54, 1.807) is 43.5 Å². The zero-order valence-electron chi connectivity index (χ0n) is 16.5. The Morgan fingerprint density at radius 2 is 1.97 bits per heavy atom. The number of amides is 1. The first-order chi connectivity index (χ1) is 14.2. The van der Waals surface area contributed by atoms with E-state index in [1.165, 1.54) is 0 Å². The Labute approximate surface area is 170 Å². The van der Waals surface area contributed by atoms with Crippen LogP contribution in [0.2, 0.25) is 0 Å². The summed E-state index contributed by atoms with van der Waals surface area (Å²) in [5, 5.41) is 6.04. The summed E-state index contributed by atoms with van der Waals surface area (Å²) in [5.74, 6) is -0.863. The number of pyridine rings is 1. The van der Waals surface area contributed by atoms with Gasteiger partial charge in [0.25, 0.3) is 5.91 Å². The Hall–Kier alpha value is -2.97. The van der Waals surface area contributed by atoms with Gasteiger partial charge in [-0.3, -0.25) is 9.69 Å². The molecule has 1 saturated heterocycles. The molecule has 29 heavy (non-hydrogen) atoms. The standard InChI is InChI=1S/C21H26N4O4/c1-2-29-21(27)17-5-3-4-6-18(17)24-20(26)19-8-7-16(15-23-19)22-9-10-25-11-13-28-14-12-25/h3-8,15,22H,2,9-14H2,1H3,(H,24,26). The van der Waals surface area contributed by atoms with Crippen molar-refractivity contribution in [2.45, 2.75) is 6.92 Å². The molecule has 0 unspecified atom stereocenters. The molecule has 1 aliphatic rings. The van der Waals surface area contributed by atoms with Crippen LogP contribution in [0.5, 0.6) is 0 Å². The fourth-order valence-corrected chi connectivity index (χ4v) is 2.98. The van der Waals surface area contributed by atoms with Crippen molar-refractivity contribution in [1.82, 2.24) is 9.88 Å². The largest absolute Gasteiger partial charge is 0.462 e. The van der Waals surface area contributed by atoms with E-state index >= 15 is 0 Å². The first-order valence-electron chi connectivity index (χ1n) is 9.75. The predicted octanol–water partition coefficient (Wildman–Crippen LogP) is 2.25. The van der Waals surface area contributed by atoms with Gasteiger partial charge in [-0.05, 0) is 31.2 Å². The van der Waals surface area contributed by atoms with Gasteiger partial charge in [0.2, 0.25) is 0 Å². The molecule has 0 radical (unpaired) electrons. The van der Waals surface area contributed by atoms with E-state index in [-0.39, 0.29) is 18.2 Å². The van der Waals surface area contributed by atoms with Gasteiger partial charge in [0, 0.05) is 26.2 Å². The molecule has 1 fully saturated rings. The molecule has 2 heterocycles. The number of esters is 1. The predicted molar refractivity (Wildman–Crippen MR) is 110 cm³/mol. The summed E-state index contributed by atoms with van der Waals surface area (Å²) in [6, 6.07) is 10.2. The van der Waals surface area contributed by atoms with Gasteiger partial charge < -0.3 is 20.1 Å². The molecule has 1 amide bonds. The van der Waals surface area contributed by atoms with Crippen molar-refractivity contribution in [2.24, 2.45) is 0 Å². The monoisotopic (exact) mass is 398 g/mol. The van der Waals surface area contributed by atoms with Gasteiger partial charge in [0.05, 0.1) is 43.0 Å². The average Bonchev–Trinajstić information content (AvgIpc) is 2.75. The molecule has 0 aliphatic carbocycles. The summed E-state index contributed by atoms with van der Waals surface area (Å²) in [6.07, 6.45) is 1.63. The summed E-state index contributed by atoms with van der Waals surface area (Å²) in [7, 11) is 0. The van der Waals surface area contributed by atoms with Crippen molar-refractivity contribution in [3.8, 4) is 0 Å². The molecule has 8 heteroatoms. The average molecular weight is 398 g/mol. The summed E-state index contributed by atoms with van der Waals surface area (Å²) < 4.78 is 10.4. The van der Waals surface area contributed by atoms with Crippen molar-refractivity contribution in [2.75, 3.05) is 56.6 Å². The van der Waals surface area contributed by atoms with Gasteiger partial charge in [0.15, 0.2) is 0 Å². The Morgan fingerprint density at radius 1 is 1.17 bits per heavy atom. The molecule has 2 aromatic rings. The number of rotatable bonds is 8. The number of hydrogen-bond acceptors (Lipinski definition) is 7. The highest BCUT2D eigenvalue weighted by atomic mass is 16.5. The van der Waals surface area contributed by atoms with Crippen molar-refractivity contribution >= 4 is 23.3 Å². The molecule has 0 atom stereocenters. The summed E-state index contributed by atoms with van der Waals surface area (Å²) in [4.78, 5) is 31.1. The normalized spacial score (nSPS) is 14.2. The van der Waals surface area contributed by atoms with E-state index in [9.17, 15) is 9.59 Å². The second kappa shape index (κ2) is 10.5. The number of benzene rings is 1. The minimum atomic E-state index is -0.476. The highest BCUT2D eigenvalue weighted by molar-refractivity contribution is 6.07. The van der Waals surface area contributed by atoms with E-state index in [0.29, 0.717) is 11.3 Å². The third-order valence-corrected chi connectivity index (χ3v) is 4.53. The van der Waals surface area contributed by atoms with Crippen LogP contribution in [0.3, 0.4) is 0 Å². The maximum absolute atomic E-state index is 12.5. The number of carbonyl (C=O) groups is 2. The fourth-order valence-electron chi connectivity index (χ4n) is 2.98. The smallest absolute Gasteiger partial charge is 0.340 e. The minimum absolute atomic E-state index is 0.266. The van der Waals surface area contributed by atoms with Crippen LogP contribution in [-0.4, -0.2) is 67.8 Å². The number of carbonyl (C=O) groups excluding carboxylic acids is 2. The number of morpholine rings is 1. The molecule has 0 spiro atoms. The topological polar surface area (TPSA) is 92.8 Å². The molecular weight excluding hydrogens is 372 g/mol. The molecule has 0 bridgehead atoms. The van der Waals surface area contributed by atoms with Gasteiger partial charge >= 0.3 is 5.97 Å². The molecule has 1 aromatic carbocycles. The highest BCUT2D eigenvalue weighted by Gasteiger charge is 2.15. The first kappa shape index (κ1) is 20.8. The number of para-hydroxylation sites is 1. The maximum atomic E-state index is 12.5. The number of aromatic nitrogens is 1. The lowest BCUT2D eigenvalue weighted by molar-refractivity contribution is 0.0398.